The van der Waals surface area contributed by atoms with Gasteiger partial charge in [0.1, 0.15) is 5.75 Å². The molecule has 6 nitrogen and oxygen atoms in total. The zero-order chi connectivity index (χ0) is 18.2. The zero-order valence-corrected chi connectivity index (χ0v) is 14.6. The fourth-order valence-corrected chi connectivity index (χ4v) is 3.82. The van der Waals surface area contributed by atoms with Crippen molar-refractivity contribution in [3.63, 3.8) is 0 Å². The minimum atomic E-state index is -3.82. The topological polar surface area (TPSA) is 88.4 Å². The highest BCUT2D eigenvalue weighted by atomic mass is 32.2. The number of nitrogens with one attached hydrogen (secondary N) is 1. The van der Waals surface area contributed by atoms with Crippen LogP contribution in [-0.4, -0.2) is 30.0 Å². The van der Waals surface area contributed by atoms with Crippen molar-refractivity contribution in [1.82, 2.24) is 9.29 Å². The first kappa shape index (κ1) is 17.2. The summed E-state index contributed by atoms with van der Waals surface area (Å²) in [7, 11) is -3.82. The summed E-state index contributed by atoms with van der Waals surface area (Å²) >= 11 is 0. The fraction of sp³-hybridized carbons (Fsp3) is 0.167. The standard InChI is InChI=1S/C18H18N2O4S/c1-12-7-9-14(10-8-12)25(23,24)19-13(2)18(22)20-11-17(21)15-5-3-4-6-16(15)20/h3-11,13,19,21H,1-2H3. The van der Waals surface area contributed by atoms with Crippen LogP contribution in [-0.2, 0) is 10.0 Å². The van der Waals surface area contributed by atoms with Gasteiger partial charge in [0.15, 0.2) is 0 Å². The number of carbonyl (C=O) groups excluding carboxylic acids is 1. The van der Waals surface area contributed by atoms with Gasteiger partial charge >= 0.3 is 0 Å². The van der Waals surface area contributed by atoms with Gasteiger partial charge in [0.25, 0.3) is 0 Å². The molecule has 0 fully saturated rings. The van der Waals surface area contributed by atoms with Gasteiger partial charge in [-0.25, -0.2) is 8.42 Å². The van der Waals surface area contributed by atoms with Crippen molar-refractivity contribution in [2.75, 3.05) is 0 Å². The first-order valence-electron chi connectivity index (χ1n) is 7.72. The maximum atomic E-state index is 12.7. The lowest BCUT2D eigenvalue weighted by Crippen LogP contribution is -2.40. The summed E-state index contributed by atoms with van der Waals surface area (Å²) in [5.41, 5.74) is 1.46. The first-order valence-corrected chi connectivity index (χ1v) is 9.20. The molecule has 0 radical (unpaired) electrons. The van der Waals surface area contributed by atoms with Crippen molar-refractivity contribution in [3.05, 3.63) is 60.3 Å². The first-order chi connectivity index (χ1) is 11.8. The predicted octanol–water partition coefficient (Wildman–Crippen LogP) is 2.66. The Labute approximate surface area is 145 Å². The molecule has 2 aromatic carbocycles. The second-order valence-electron chi connectivity index (χ2n) is 5.90. The second-order valence-corrected chi connectivity index (χ2v) is 7.61. The van der Waals surface area contributed by atoms with Gasteiger partial charge in [-0.15, -0.1) is 0 Å². The van der Waals surface area contributed by atoms with Crippen LogP contribution in [0.2, 0.25) is 0 Å². The molecule has 3 aromatic rings. The summed E-state index contributed by atoms with van der Waals surface area (Å²) in [6, 6.07) is 12.2. The molecule has 1 heterocycles. The summed E-state index contributed by atoms with van der Waals surface area (Å²) in [6.45, 7) is 3.33. The maximum absolute atomic E-state index is 12.7. The quantitative estimate of drug-likeness (QED) is 0.750. The molecule has 130 valence electrons. The van der Waals surface area contributed by atoms with Crippen molar-refractivity contribution in [1.29, 1.82) is 0 Å². The van der Waals surface area contributed by atoms with Crippen LogP contribution in [0.4, 0.5) is 0 Å². The molecule has 0 aliphatic rings. The van der Waals surface area contributed by atoms with Crippen molar-refractivity contribution in [2.24, 2.45) is 0 Å². The number of carbonyl (C=O) groups is 1. The fourth-order valence-electron chi connectivity index (χ4n) is 2.62. The summed E-state index contributed by atoms with van der Waals surface area (Å²) in [4.78, 5) is 12.8. The molecule has 1 aromatic heterocycles. The number of aryl methyl sites for hydroxylation is 1. The molecule has 7 heteroatoms. The van der Waals surface area contributed by atoms with E-state index in [9.17, 15) is 18.3 Å². The molecule has 0 saturated carbocycles. The Bertz CT molecular complexity index is 1040. The lowest BCUT2D eigenvalue weighted by Gasteiger charge is -2.14. The number of aromatic nitrogens is 1. The van der Waals surface area contributed by atoms with E-state index in [-0.39, 0.29) is 10.6 Å². The number of nitrogens with zero attached hydrogens (tertiary/aromatic N) is 1. The number of rotatable bonds is 4. The number of hydrogen-bond acceptors (Lipinski definition) is 4. The molecule has 25 heavy (non-hydrogen) atoms. The lowest BCUT2D eigenvalue weighted by atomic mass is 10.2. The van der Waals surface area contributed by atoms with Crippen LogP contribution in [0, 0.1) is 6.92 Å². The highest BCUT2D eigenvalue weighted by Gasteiger charge is 2.24. The van der Waals surface area contributed by atoms with Crippen LogP contribution >= 0.6 is 0 Å². The molecule has 0 aliphatic carbocycles. The van der Waals surface area contributed by atoms with Crippen molar-refractivity contribution >= 4 is 26.8 Å². The molecule has 0 aliphatic heterocycles. The zero-order valence-electron chi connectivity index (χ0n) is 13.8. The largest absolute Gasteiger partial charge is 0.506 e. The Morgan fingerprint density at radius 2 is 1.76 bits per heavy atom. The number of aromatic hydroxyl groups is 1. The predicted molar refractivity (Wildman–Crippen MR) is 95.2 cm³/mol. The van der Waals surface area contributed by atoms with Gasteiger partial charge in [-0.2, -0.15) is 4.72 Å². The van der Waals surface area contributed by atoms with E-state index in [0.29, 0.717) is 10.9 Å². The Morgan fingerprint density at radius 3 is 2.44 bits per heavy atom. The van der Waals surface area contributed by atoms with Crippen molar-refractivity contribution in [3.8, 4) is 5.75 Å². The number of hydrogen-bond donors (Lipinski definition) is 2. The van der Waals surface area contributed by atoms with E-state index >= 15 is 0 Å². The number of sulfonamides is 1. The van der Waals surface area contributed by atoms with E-state index in [0.717, 1.165) is 5.56 Å². The van der Waals surface area contributed by atoms with Gasteiger partial charge in [-0.3, -0.25) is 9.36 Å². The lowest BCUT2D eigenvalue weighted by molar-refractivity contribution is 0.0884. The summed E-state index contributed by atoms with van der Waals surface area (Å²) in [5.74, 6) is -0.510. The van der Waals surface area contributed by atoms with E-state index in [2.05, 4.69) is 4.72 Å². The maximum Gasteiger partial charge on any atom is 0.249 e. The van der Waals surface area contributed by atoms with Crippen LogP contribution in [0.5, 0.6) is 5.75 Å². The highest BCUT2D eigenvalue weighted by molar-refractivity contribution is 7.89. The molecule has 0 amide bonds. The Kier molecular flexibility index (Phi) is 4.36. The monoisotopic (exact) mass is 358 g/mol. The summed E-state index contributed by atoms with van der Waals surface area (Å²) in [5, 5.41) is 10.5. The van der Waals surface area contributed by atoms with Gasteiger partial charge in [0.2, 0.25) is 15.9 Å². The van der Waals surface area contributed by atoms with Crippen LogP contribution in [0.25, 0.3) is 10.9 Å². The van der Waals surface area contributed by atoms with Crippen LogP contribution in [0.1, 0.15) is 17.3 Å². The second kappa shape index (κ2) is 6.34. The third-order valence-corrected chi connectivity index (χ3v) is 5.52. The smallest absolute Gasteiger partial charge is 0.249 e. The van der Waals surface area contributed by atoms with Crippen LogP contribution in [0.3, 0.4) is 0 Å². The average Bonchev–Trinajstić information content (AvgIpc) is 2.91. The van der Waals surface area contributed by atoms with Crippen molar-refractivity contribution < 1.29 is 18.3 Å². The Hall–Kier alpha value is -2.64. The van der Waals surface area contributed by atoms with Crippen LogP contribution in [0.15, 0.2) is 59.6 Å². The average molecular weight is 358 g/mol. The SMILES string of the molecule is Cc1ccc(S(=O)(=O)NC(C)C(=O)n2cc(O)c3ccccc32)cc1. The van der Waals surface area contributed by atoms with E-state index in [1.54, 1.807) is 36.4 Å². The molecule has 0 bridgehead atoms. The van der Waals surface area contributed by atoms with Crippen LogP contribution < -0.4 is 4.72 Å². The minimum absolute atomic E-state index is 0.0301. The molecule has 2 N–H and O–H groups in total. The normalized spacial score (nSPS) is 13.0. The molecule has 1 atom stereocenters. The number of benzene rings is 2. The van der Waals surface area contributed by atoms with Gasteiger partial charge in [0.05, 0.1) is 22.7 Å². The Morgan fingerprint density at radius 1 is 1.12 bits per heavy atom. The van der Waals surface area contributed by atoms with E-state index < -0.39 is 22.0 Å². The minimum Gasteiger partial charge on any atom is -0.506 e. The number of para-hydroxylation sites is 1. The summed E-state index contributed by atoms with van der Waals surface area (Å²) < 4.78 is 28.5. The molecule has 0 spiro atoms. The third-order valence-electron chi connectivity index (χ3n) is 3.96. The molecule has 0 saturated heterocycles. The highest BCUT2D eigenvalue weighted by Crippen LogP contribution is 2.26. The molecular weight excluding hydrogens is 340 g/mol. The number of fused-ring (bicyclic) bond motifs is 1. The van der Waals surface area contributed by atoms with E-state index in [1.165, 1.54) is 29.8 Å². The van der Waals surface area contributed by atoms with Gasteiger partial charge < -0.3 is 5.11 Å². The molecule has 1 unspecified atom stereocenters. The van der Waals surface area contributed by atoms with E-state index in [1.807, 2.05) is 6.92 Å². The van der Waals surface area contributed by atoms with Crippen molar-refractivity contribution in [2.45, 2.75) is 24.8 Å². The van der Waals surface area contributed by atoms with Gasteiger partial charge in [-0.05, 0) is 38.1 Å². The molecular formula is C18H18N2O4S. The van der Waals surface area contributed by atoms with Gasteiger partial charge in [0, 0.05) is 5.39 Å². The third kappa shape index (κ3) is 3.29. The Balaban J connectivity index is 1.88. The summed E-state index contributed by atoms with van der Waals surface area (Å²) in [6.07, 6.45) is 1.30. The van der Waals surface area contributed by atoms with E-state index in [4.69, 9.17) is 0 Å². The molecule has 3 rings (SSSR count). The van der Waals surface area contributed by atoms with Gasteiger partial charge in [-0.1, -0.05) is 29.8 Å².